The number of para-hydroxylation sites is 4. The number of nitrogens with zero attached hydrogens (tertiary/aromatic N) is 5. The maximum Gasteiger partial charge on any atom is 0.165 e. The van der Waals surface area contributed by atoms with Gasteiger partial charge in [0.2, 0.25) is 0 Å². The highest BCUT2D eigenvalue weighted by Gasteiger charge is 2.27. The van der Waals surface area contributed by atoms with Crippen LogP contribution in [0.5, 0.6) is 0 Å². The van der Waals surface area contributed by atoms with E-state index >= 15 is 0 Å². The smallest absolute Gasteiger partial charge is 0.165 e. The van der Waals surface area contributed by atoms with Crippen LogP contribution in [-0.4, -0.2) is 23.3 Å². The molecule has 5 nitrogen and oxygen atoms in total. The molecule has 0 radical (unpaired) electrons. The van der Waals surface area contributed by atoms with Crippen molar-refractivity contribution in [1.29, 1.82) is 0 Å². The van der Waals surface area contributed by atoms with Crippen molar-refractivity contribution >= 4 is 120 Å². The molecule has 15 rings (SSSR count). The highest BCUT2D eigenvalue weighted by molar-refractivity contribution is 6.33. The van der Waals surface area contributed by atoms with E-state index in [9.17, 15) is 0 Å². The summed E-state index contributed by atoms with van der Waals surface area (Å²) in [7, 11) is 0. The zero-order chi connectivity index (χ0) is 38.1. The van der Waals surface area contributed by atoms with Crippen LogP contribution in [0.1, 0.15) is 0 Å². The van der Waals surface area contributed by atoms with Crippen LogP contribution in [0.25, 0.3) is 137 Å². The third-order valence-electron chi connectivity index (χ3n) is 13.2. The molecule has 0 saturated carbocycles. The predicted molar refractivity (Wildman–Crippen MR) is 246 cm³/mol. The van der Waals surface area contributed by atoms with Crippen LogP contribution in [0, 0.1) is 0 Å². The van der Waals surface area contributed by atoms with Crippen molar-refractivity contribution in [2.75, 3.05) is 0 Å². The van der Waals surface area contributed by atoms with Crippen LogP contribution in [0.2, 0.25) is 0 Å². The van der Waals surface area contributed by atoms with Gasteiger partial charge in [0, 0.05) is 59.7 Å². The minimum absolute atomic E-state index is 0.890. The van der Waals surface area contributed by atoms with E-state index in [1.807, 2.05) is 0 Å². The summed E-state index contributed by atoms with van der Waals surface area (Å²) in [5.41, 5.74) is 14.3. The van der Waals surface area contributed by atoms with E-state index in [1.54, 1.807) is 0 Å². The third-order valence-corrected chi connectivity index (χ3v) is 13.2. The highest BCUT2D eigenvalue weighted by atomic mass is 15.1. The number of hydrogen-bond acceptors (Lipinski definition) is 2. The number of aromatic nitrogens is 5. The Hall–Kier alpha value is -8.02. The van der Waals surface area contributed by atoms with Crippen molar-refractivity contribution in [3.05, 3.63) is 176 Å². The number of rotatable bonds is 2. The standard InChI is InChI=1S/C54H29N5/c1-2-14-33(15-3-1)57-44-23-9-8-18-37(44)42-28-32(25-27-45(42)57)36-19-10-21-39-43-29-31-13-5-6-16-34(31)46-48-54(59(50(36)39)52(43)46)55-47-41-22-11-20-38-40-26-24-30-12-4-7-17-35(30)49(40)58(51(38)41)53(47)56-48/h1-29H. The maximum atomic E-state index is 5.76. The lowest BCUT2D eigenvalue weighted by molar-refractivity contribution is 1.18. The van der Waals surface area contributed by atoms with E-state index in [0.29, 0.717) is 0 Å². The molecule has 0 N–H and O–H groups in total. The summed E-state index contributed by atoms with van der Waals surface area (Å²) in [6.45, 7) is 0. The summed E-state index contributed by atoms with van der Waals surface area (Å²) in [6, 6.07) is 64.2. The van der Waals surface area contributed by atoms with Gasteiger partial charge in [-0.1, -0.05) is 140 Å². The molecule has 0 fully saturated rings. The van der Waals surface area contributed by atoms with Gasteiger partial charge < -0.3 is 4.57 Å². The van der Waals surface area contributed by atoms with E-state index in [4.69, 9.17) is 9.97 Å². The maximum absolute atomic E-state index is 5.76. The van der Waals surface area contributed by atoms with Gasteiger partial charge in [0.25, 0.3) is 0 Å². The van der Waals surface area contributed by atoms with Crippen molar-refractivity contribution in [3.8, 4) is 16.8 Å². The molecule has 270 valence electrons. The first-order valence-corrected chi connectivity index (χ1v) is 20.3. The monoisotopic (exact) mass is 747 g/mol. The Balaban J connectivity index is 1.11. The molecule has 6 heterocycles. The zero-order valence-corrected chi connectivity index (χ0v) is 31.5. The van der Waals surface area contributed by atoms with Crippen molar-refractivity contribution in [2.24, 2.45) is 0 Å². The van der Waals surface area contributed by atoms with E-state index in [-0.39, 0.29) is 0 Å². The lowest BCUT2D eigenvalue weighted by Gasteiger charge is -2.09. The second kappa shape index (κ2) is 10.5. The Morgan fingerprint density at radius 3 is 1.86 bits per heavy atom. The SMILES string of the molecule is c1ccc(-n2c3ccccc3c3cc(-c4cccc5c6cc7ccccc7c7c8nc9c(nc8n(c45)c67)c4cccc5c6ccc7ccccc7c6n9c54)ccc32)cc1. The van der Waals surface area contributed by atoms with Crippen molar-refractivity contribution in [1.82, 2.24) is 23.3 Å². The summed E-state index contributed by atoms with van der Waals surface area (Å²) in [5.74, 6) is 0. The number of benzene rings is 9. The summed E-state index contributed by atoms with van der Waals surface area (Å²) in [4.78, 5) is 11.5. The summed E-state index contributed by atoms with van der Waals surface area (Å²) >= 11 is 0. The normalized spacial score (nSPS) is 12.7. The fourth-order valence-electron chi connectivity index (χ4n) is 10.9. The van der Waals surface area contributed by atoms with E-state index in [2.05, 4.69) is 189 Å². The average Bonchev–Trinajstić information content (AvgIpc) is 4.08. The minimum Gasteiger partial charge on any atom is -0.309 e. The Bertz CT molecular complexity index is 4300. The third kappa shape index (κ3) is 3.59. The molecule has 5 heteroatoms. The lowest BCUT2D eigenvalue weighted by atomic mass is 9.98. The van der Waals surface area contributed by atoms with Crippen molar-refractivity contribution < 1.29 is 0 Å². The van der Waals surface area contributed by atoms with Gasteiger partial charge in [-0.15, -0.1) is 0 Å². The fourth-order valence-corrected chi connectivity index (χ4v) is 10.9. The molecular formula is C54H29N5. The molecule has 0 saturated heterocycles. The molecule has 0 spiro atoms. The van der Waals surface area contributed by atoms with E-state index < -0.39 is 0 Å². The lowest BCUT2D eigenvalue weighted by Crippen LogP contribution is -1.93. The molecular weight excluding hydrogens is 719 g/mol. The Labute approximate surface area is 334 Å². The van der Waals surface area contributed by atoms with Gasteiger partial charge >= 0.3 is 0 Å². The molecule has 0 bridgehead atoms. The Morgan fingerprint density at radius 1 is 0.339 bits per heavy atom. The molecule has 59 heavy (non-hydrogen) atoms. The highest BCUT2D eigenvalue weighted by Crippen LogP contribution is 2.47. The van der Waals surface area contributed by atoms with Crippen LogP contribution >= 0.6 is 0 Å². The van der Waals surface area contributed by atoms with E-state index in [0.717, 1.165) is 44.3 Å². The Kier molecular flexibility index (Phi) is 5.36. The predicted octanol–water partition coefficient (Wildman–Crippen LogP) is 13.8. The second-order valence-corrected chi connectivity index (χ2v) is 16.1. The summed E-state index contributed by atoms with van der Waals surface area (Å²) in [6.07, 6.45) is 0. The topological polar surface area (TPSA) is 39.5 Å². The van der Waals surface area contributed by atoms with Gasteiger partial charge in [-0.25, -0.2) is 9.97 Å². The average molecular weight is 748 g/mol. The van der Waals surface area contributed by atoms with Crippen LogP contribution in [-0.2, 0) is 0 Å². The van der Waals surface area contributed by atoms with Crippen LogP contribution in [0.3, 0.4) is 0 Å². The van der Waals surface area contributed by atoms with Gasteiger partial charge in [0.1, 0.15) is 11.0 Å². The zero-order valence-electron chi connectivity index (χ0n) is 31.5. The molecule has 0 atom stereocenters. The molecule has 15 aromatic rings. The van der Waals surface area contributed by atoms with Gasteiger partial charge in [0.15, 0.2) is 11.3 Å². The first-order chi connectivity index (χ1) is 29.3. The van der Waals surface area contributed by atoms with Gasteiger partial charge in [-0.05, 0) is 58.1 Å². The van der Waals surface area contributed by atoms with Crippen LogP contribution in [0.4, 0.5) is 0 Å². The molecule has 0 unspecified atom stereocenters. The quantitative estimate of drug-likeness (QED) is 0.177. The number of hydrogen-bond donors (Lipinski definition) is 0. The molecule has 6 aromatic heterocycles. The first-order valence-electron chi connectivity index (χ1n) is 20.3. The molecule has 0 amide bonds. The molecule has 0 aliphatic heterocycles. The second-order valence-electron chi connectivity index (χ2n) is 16.1. The molecule has 0 aliphatic rings. The first kappa shape index (κ1) is 30.2. The van der Waals surface area contributed by atoms with Gasteiger partial charge in [-0.3, -0.25) is 8.80 Å². The summed E-state index contributed by atoms with van der Waals surface area (Å²) < 4.78 is 7.21. The van der Waals surface area contributed by atoms with Crippen molar-refractivity contribution in [2.45, 2.75) is 0 Å². The van der Waals surface area contributed by atoms with Crippen molar-refractivity contribution in [3.63, 3.8) is 0 Å². The largest absolute Gasteiger partial charge is 0.309 e. The van der Waals surface area contributed by atoms with Crippen LogP contribution < -0.4 is 0 Å². The van der Waals surface area contributed by atoms with Gasteiger partial charge in [0.05, 0.1) is 33.1 Å². The Morgan fingerprint density at radius 2 is 0.966 bits per heavy atom. The minimum atomic E-state index is 0.890. The van der Waals surface area contributed by atoms with Gasteiger partial charge in [-0.2, -0.15) is 0 Å². The summed E-state index contributed by atoms with van der Waals surface area (Å²) in [5, 5.41) is 14.5. The van der Waals surface area contributed by atoms with Crippen LogP contribution in [0.15, 0.2) is 176 Å². The fraction of sp³-hybridized carbons (Fsp3) is 0. The number of fused-ring (bicyclic) bond motifs is 19. The molecule has 0 aliphatic carbocycles. The van der Waals surface area contributed by atoms with E-state index in [1.165, 1.54) is 92.6 Å². The molecule has 9 aromatic carbocycles.